The lowest BCUT2D eigenvalue weighted by molar-refractivity contribution is -0.126. The van der Waals surface area contributed by atoms with Gasteiger partial charge in [-0.05, 0) is 56.5 Å². The van der Waals surface area contributed by atoms with Crippen molar-refractivity contribution >= 4 is 17.6 Å². The monoisotopic (exact) mass is 437 g/mol. The van der Waals surface area contributed by atoms with Crippen LogP contribution < -0.4 is 19.7 Å². The Morgan fingerprint density at radius 2 is 1.81 bits per heavy atom. The van der Waals surface area contributed by atoms with Crippen LogP contribution in [0.4, 0.5) is 10.5 Å². The number of fused-ring (bicyclic) bond motifs is 1. The number of carbonyl (C=O) groups excluding carboxylic acids is 2. The van der Waals surface area contributed by atoms with Crippen molar-refractivity contribution in [3.05, 3.63) is 54.1 Å². The van der Waals surface area contributed by atoms with Crippen LogP contribution in [0.3, 0.4) is 0 Å². The summed E-state index contributed by atoms with van der Waals surface area (Å²) in [6, 6.07) is 15.4. The molecule has 2 aliphatic rings. The number of likely N-dealkylation sites (tertiary alicyclic amines) is 1. The zero-order chi connectivity index (χ0) is 22.5. The molecule has 0 spiro atoms. The van der Waals surface area contributed by atoms with Crippen LogP contribution in [-0.2, 0) is 11.3 Å². The second kappa shape index (κ2) is 9.94. The van der Waals surface area contributed by atoms with E-state index in [9.17, 15) is 9.59 Å². The molecule has 7 heteroatoms. The first-order chi connectivity index (χ1) is 15.5. The topological polar surface area (TPSA) is 71.1 Å². The number of ether oxygens (including phenoxy) is 2. The van der Waals surface area contributed by atoms with Gasteiger partial charge < -0.3 is 19.7 Å². The maximum Gasteiger partial charge on any atom is 0.324 e. The van der Waals surface area contributed by atoms with Crippen molar-refractivity contribution in [2.45, 2.75) is 39.3 Å². The number of amides is 3. The summed E-state index contributed by atoms with van der Waals surface area (Å²) < 4.78 is 11.3. The van der Waals surface area contributed by atoms with Crippen LogP contribution in [0.5, 0.6) is 11.5 Å². The average Bonchev–Trinajstić information content (AvgIpc) is 2.82. The van der Waals surface area contributed by atoms with Crippen LogP contribution >= 0.6 is 0 Å². The summed E-state index contributed by atoms with van der Waals surface area (Å²) in [5.41, 5.74) is 1.85. The molecule has 2 aromatic rings. The molecule has 0 unspecified atom stereocenters. The van der Waals surface area contributed by atoms with Gasteiger partial charge in [0, 0.05) is 25.6 Å². The Morgan fingerprint density at radius 1 is 1.09 bits per heavy atom. The molecule has 2 aromatic carbocycles. The van der Waals surface area contributed by atoms with E-state index in [1.54, 1.807) is 4.90 Å². The molecular formula is C25H31N3O4. The SMILES string of the molecule is CCOc1ccc(CNC(=O)C2CCN(C(=O)N3C[C@H](C)Oc4ccccc43)CC2)cc1. The fraction of sp³-hybridized carbons (Fsp3) is 0.440. The summed E-state index contributed by atoms with van der Waals surface area (Å²) in [4.78, 5) is 29.5. The van der Waals surface area contributed by atoms with E-state index < -0.39 is 0 Å². The molecule has 0 aromatic heterocycles. The lowest BCUT2D eigenvalue weighted by atomic mass is 9.96. The third-order valence-corrected chi connectivity index (χ3v) is 5.99. The first-order valence-corrected chi connectivity index (χ1v) is 11.4. The minimum absolute atomic E-state index is 0.0131. The average molecular weight is 438 g/mol. The number of rotatable bonds is 5. The number of hydrogen-bond donors (Lipinski definition) is 1. The summed E-state index contributed by atoms with van der Waals surface area (Å²) in [6.07, 6.45) is 1.28. The molecule has 32 heavy (non-hydrogen) atoms. The molecule has 1 atom stereocenters. The molecular weight excluding hydrogens is 406 g/mol. The van der Waals surface area contributed by atoms with Crippen molar-refractivity contribution in [3.63, 3.8) is 0 Å². The van der Waals surface area contributed by atoms with Gasteiger partial charge in [-0.25, -0.2) is 4.79 Å². The van der Waals surface area contributed by atoms with Gasteiger partial charge in [0.15, 0.2) is 0 Å². The number of urea groups is 1. The highest BCUT2D eigenvalue weighted by atomic mass is 16.5. The van der Waals surface area contributed by atoms with Crippen LogP contribution in [0.2, 0.25) is 0 Å². The van der Waals surface area contributed by atoms with E-state index >= 15 is 0 Å². The molecule has 0 aliphatic carbocycles. The maximum atomic E-state index is 13.2. The first kappa shape index (κ1) is 22.0. The predicted molar refractivity (Wildman–Crippen MR) is 123 cm³/mol. The van der Waals surface area contributed by atoms with Crippen LogP contribution in [0, 0.1) is 5.92 Å². The predicted octanol–water partition coefficient (Wildman–Crippen LogP) is 3.82. The largest absolute Gasteiger partial charge is 0.494 e. The zero-order valence-corrected chi connectivity index (χ0v) is 18.8. The molecule has 1 N–H and O–H groups in total. The fourth-order valence-corrected chi connectivity index (χ4v) is 4.28. The number of nitrogens with one attached hydrogen (secondary N) is 1. The molecule has 7 nitrogen and oxygen atoms in total. The zero-order valence-electron chi connectivity index (χ0n) is 18.8. The van der Waals surface area contributed by atoms with Gasteiger partial charge in [-0.15, -0.1) is 0 Å². The van der Waals surface area contributed by atoms with E-state index in [0.29, 0.717) is 45.6 Å². The van der Waals surface area contributed by atoms with E-state index in [-0.39, 0.29) is 24.0 Å². The van der Waals surface area contributed by atoms with Crippen LogP contribution in [0.25, 0.3) is 0 Å². The van der Waals surface area contributed by atoms with Crippen molar-refractivity contribution in [1.82, 2.24) is 10.2 Å². The summed E-state index contributed by atoms with van der Waals surface area (Å²) in [7, 11) is 0. The van der Waals surface area contributed by atoms with Crippen molar-refractivity contribution in [2.24, 2.45) is 5.92 Å². The van der Waals surface area contributed by atoms with Crippen molar-refractivity contribution < 1.29 is 19.1 Å². The minimum atomic E-state index is -0.0716. The van der Waals surface area contributed by atoms with Gasteiger partial charge in [0.2, 0.25) is 5.91 Å². The lowest BCUT2D eigenvalue weighted by Crippen LogP contribution is -2.52. The Balaban J connectivity index is 1.28. The second-order valence-corrected chi connectivity index (χ2v) is 8.35. The molecule has 0 bridgehead atoms. The molecule has 3 amide bonds. The van der Waals surface area contributed by atoms with E-state index in [1.807, 2.05) is 67.3 Å². The first-order valence-electron chi connectivity index (χ1n) is 11.4. The molecule has 0 radical (unpaired) electrons. The fourth-order valence-electron chi connectivity index (χ4n) is 4.28. The molecule has 0 saturated carbocycles. The van der Waals surface area contributed by atoms with Gasteiger partial charge in [0.05, 0.1) is 18.8 Å². The van der Waals surface area contributed by atoms with Gasteiger partial charge in [0.1, 0.15) is 17.6 Å². The Labute approximate surface area is 189 Å². The van der Waals surface area contributed by atoms with Gasteiger partial charge in [0.25, 0.3) is 0 Å². The third-order valence-electron chi connectivity index (χ3n) is 5.99. The maximum absolute atomic E-state index is 13.2. The number of hydrogen-bond acceptors (Lipinski definition) is 4. The van der Waals surface area contributed by atoms with Crippen LogP contribution in [0.15, 0.2) is 48.5 Å². The summed E-state index contributed by atoms with van der Waals surface area (Å²) in [5, 5.41) is 3.04. The van der Waals surface area contributed by atoms with E-state index in [2.05, 4.69) is 5.32 Å². The number of benzene rings is 2. The van der Waals surface area contributed by atoms with Crippen LogP contribution in [-0.4, -0.2) is 49.2 Å². The highest BCUT2D eigenvalue weighted by Gasteiger charge is 2.33. The minimum Gasteiger partial charge on any atom is -0.494 e. The van der Waals surface area contributed by atoms with Crippen LogP contribution in [0.1, 0.15) is 32.3 Å². The molecule has 4 rings (SSSR count). The Hall–Kier alpha value is -3.22. The number of carbonyl (C=O) groups is 2. The molecule has 2 aliphatic heterocycles. The Morgan fingerprint density at radius 3 is 2.53 bits per heavy atom. The number of nitrogens with zero attached hydrogens (tertiary/aromatic N) is 2. The standard InChI is InChI=1S/C25H31N3O4/c1-3-31-21-10-8-19(9-11-21)16-26-24(29)20-12-14-27(15-13-20)25(30)28-17-18(2)32-23-7-5-4-6-22(23)28/h4-11,18,20H,3,12-17H2,1-2H3,(H,26,29)/t18-/m0/s1. The van der Waals surface area contributed by atoms with Gasteiger partial charge in [-0.3, -0.25) is 9.69 Å². The van der Waals surface area contributed by atoms with Gasteiger partial charge in [-0.1, -0.05) is 24.3 Å². The number of piperidine rings is 1. The quantitative estimate of drug-likeness (QED) is 0.772. The van der Waals surface area contributed by atoms with Gasteiger partial charge in [-0.2, -0.15) is 0 Å². The highest BCUT2D eigenvalue weighted by Crippen LogP contribution is 2.34. The Bertz CT molecular complexity index is 938. The van der Waals surface area contributed by atoms with E-state index in [0.717, 1.165) is 22.7 Å². The Kier molecular flexibility index (Phi) is 6.83. The number of para-hydroxylation sites is 2. The normalized spacial score (nSPS) is 18.5. The van der Waals surface area contributed by atoms with E-state index in [1.165, 1.54) is 0 Å². The highest BCUT2D eigenvalue weighted by molar-refractivity contribution is 5.94. The molecule has 1 fully saturated rings. The smallest absolute Gasteiger partial charge is 0.324 e. The summed E-state index contributed by atoms with van der Waals surface area (Å²) in [5.74, 6) is 1.55. The van der Waals surface area contributed by atoms with Crippen molar-refractivity contribution in [3.8, 4) is 11.5 Å². The van der Waals surface area contributed by atoms with Crippen molar-refractivity contribution in [2.75, 3.05) is 31.1 Å². The summed E-state index contributed by atoms with van der Waals surface area (Å²) in [6.45, 7) is 6.73. The summed E-state index contributed by atoms with van der Waals surface area (Å²) >= 11 is 0. The van der Waals surface area contributed by atoms with Gasteiger partial charge >= 0.3 is 6.03 Å². The van der Waals surface area contributed by atoms with E-state index in [4.69, 9.17) is 9.47 Å². The molecule has 1 saturated heterocycles. The van der Waals surface area contributed by atoms with Crippen molar-refractivity contribution in [1.29, 1.82) is 0 Å². The molecule has 2 heterocycles. The molecule has 170 valence electrons. The lowest BCUT2D eigenvalue weighted by Gasteiger charge is -2.39. The number of anilines is 1. The second-order valence-electron chi connectivity index (χ2n) is 8.35. The third kappa shape index (κ3) is 4.98.